The van der Waals surface area contributed by atoms with Gasteiger partial charge in [0.05, 0.1) is 11.7 Å². The van der Waals surface area contributed by atoms with Crippen LogP contribution < -0.4 is 5.32 Å². The summed E-state index contributed by atoms with van der Waals surface area (Å²) in [5.74, 6) is 0.641. The van der Waals surface area contributed by atoms with Gasteiger partial charge in [0, 0.05) is 24.6 Å². The molecule has 0 spiro atoms. The highest BCUT2D eigenvalue weighted by atomic mass is 19.4. The lowest BCUT2D eigenvalue weighted by molar-refractivity contribution is -0.137. The van der Waals surface area contributed by atoms with Gasteiger partial charge in [0.25, 0.3) is 0 Å². The topological polar surface area (TPSA) is 75.7 Å². The summed E-state index contributed by atoms with van der Waals surface area (Å²) >= 11 is 0. The number of ether oxygens (including phenoxy) is 1. The highest BCUT2D eigenvalue weighted by molar-refractivity contribution is 5.51. The Balaban J connectivity index is 1.60. The SMILES string of the molecule is FC(F)(F)c1cnccc1NC[C@H]1CC[C@@H](c2ncn[nH]2)O1. The largest absolute Gasteiger partial charge is 0.419 e. The summed E-state index contributed by atoms with van der Waals surface area (Å²) in [5, 5.41) is 9.30. The number of H-pyrrole nitrogens is 1. The summed E-state index contributed by atoms with van der Waals surface area (Å²) in [6.07, 6.45) is 0.235. The van der Waals surface area contributed by atoms with E-state index in [1.165, 1.54) is 18.6 Å². The third kappa shape index (κ3) is 3.19. The van der Waals surface area contributed by atoms with E-state index in [-0.39, 0.29) is 24.4 Å². The molecule has 0 bridgehead atoms. The molecule has 22 heavy (non-hydrogen) atoms. The third-order valence-electron chi connectivity index (χ3n) is 3.49. The van der Waals surface area contributed by atoms with Gasteiger partial charge in [-0.1, -0.05) is 0 Å². The van der Waals surface area contributed by atoms with Crippen molar-refractivity contribution in [3.63, 3.8) is 0 Å². The molecule has 118 valence electrons. The van der Waals surface area contributed by atoms with E-state index in [1.54, 1.807) is 0 Å². The van der Waals surface area contributed by atoms with Crippen LogP contribution in [0.2, 0.25) is 0 Å². The van der Waals surface area contributed by atoms with Gasteiger partial charge >= 0.3 is 6.18 Å². The Morgan fingerprint density at radius 1 is 1.36 bits per heavy atom. The molecule has 9 heteroatoms. The second kappa shape index (κ2) is 5.91. The molecule has 0 aromatic carbocycles. The van der Waals surface area contributed by atoms with Crippen molar-refractivity contribution in [2.45, 2.75) is 31.2 Å². The number of aromatic nitrogens is 4. The van der Waals surface area contributed by atoms with Crippen molar-refractivity contribution >= 4 is 5.69 Å². The lowest BCUT2D eigenvalue weighted by atomic mass is 10.1. The Hall–Kier alpha value is -2.16. The number of nitrogens with one attached hydrogen (secondary N) is 2. The van der Waals surface area contributed by atoms with E-state index in [1.807, 2.05) is 0 Å². The Morgan fingerprint density at radius 3 is 2.95 bits per heavy atom. The van der Waals surface area contributed by atoms with Crippen molar-refractivity contribution in [2.75, 3.05) is 11.9 Å². The van der Waals surface area contributed by atoms with Crippen LogP contribution in [0.5, 0.6) is 0 Å². The van der Waals surface area contributed by atoms with Crippen LogP contribution >= 0.6 is 0 Å². The van der Waals surface area contributed by atoms with Gasteiger partial charge < -0.3 is 10.1 Å². The molecule has 3 heterocycles. The number of pyridine rings is 1. The van der Waals surface area contributed by atoms with Crippen LogP contribution in [0.15, 0.2) is 24.8 Å². The van der Waals surface area contributed by atoms with Crippen LogP contribution in [0.4, 0.5) is 18.9 Å². The standard InChI is InChI=1S/C13H14F3N5O/c14-13(15,16)9-6-17-4-3-10(9)18-5-8-1-2-11(22-8)12-19-7-20-21-12/h3-4,6-8,11H,1-2,5H2,(H,17,18)(H,19,20,21)/t8-,11+/m1/s1. The number of anilines is 1. The van der Waals surface area contributed by atoms with Crippen LogP contribution in [0.25, 0.3) is 0 Å². The van der Waals surface area contributed by atoms with E-state index in [0.717, 1.165) is 19.0 Å². The normalized spacial score (nSPS) is 22.0. The second-order valence-electron chi connectivity index (χ2n) is 4.99. The fourth-order valence-electron chi connectivity index (χ4n) is 2.43. The monoisotopic (exact) mass is 313 g/mol. The fraction of sp³-hybridized carbons (Fsp3) is 0.462. The quantitative estimate of drug-likeness (QED) is 0.907. The minimum Gasteiger partial charge on any atom is -0.382 e. The molecule has 1 aliphatic rings. The molecule has 6 nitrogen and oxygen atoms in total. The van der Waals surface area contributed by atoms with Crippen LogP contribution in [0.3, 0.4) is 0 Å². The number of hydrogen-bond donors (Lipinski definition) is 2. The van der Waals surface area contributed by atoms with Crippen LogP contribution in [0.1, 0.15) is 30.3 Å². The number of aromatic amines is 1. The predicted octanol–water partition coefficient (Wildman–Crippen LogP) is 2.55. The van der Waals surface area contributed by atoms with Crippen molar-refractivity contribution in [3.05, 3.63) is 36.2 Å². The summed E-state index contributed by atoms with van der Waals surface area (Å²) in [6.45, 7) is 0.289. The zero-order valence-corrected chi connectivity index (χ0v) is 11.5. The predicted molar refractivity (Wildman–Crippen MR) is 71.0 cm³/mol. The number of alkyl halides is 3. The van der Waals surface area contributed by atoms with Crippen molar-refractivity contribution in [2.24, 2.45) is 0 Å². The summed E-state index contributed by atoms with van der Waals surface area (Å²) < 4.78 is 44.4. The number of hydrogen-bond acceptors (Lipinski definition) is 5. The number of nitrogens with zero attached hydrogens (tertiary/aromatic N) is 3. The van der Waals surface area contributed by atoms with Gasteiger partial charge in [-0.2, -0.15) is 18.3 Å². The van der Waals surface area contributed by atoms with Crippen molar-refractivity contribution < 1.29 is 17.9 Å². The molecule has 2 atom stereocenters. The Bertz CT molecular complexity index is 616. The third-order valence-corrected chi connectivity index (χ3v) is 3.49. The van der Waals surface area contributed by atoms with Gasteiger partial charge in [-0.25, -0.2) is 4.98 Å². The maximum absolute atomic E-state index is 12.9. The molecule has 1 fully saturated rings. The molecule has 0 aliphatic carbocycles. The summed E-state index contributed by atoms with van der Waals surface area (Å²) in [5.41, 5.74) is -0.769. The molecule has 3 rings (SSSR count). The second-order valence-corrected chi connectivity index (χ2v) is 4.99. The minimum absolute atomic E-state index is 0.00853. The fourth-order valence-corrected chi connectivity index (χ4v) is 2.43. The minimum atomic E-state index is -4.44. The van der Waals surface area contributed by atoms with E-state index in [9.17, 15) is 13.2 Å². The molecule has 2 N–H and O–H groups in total. The Morgan fingerprint density at radius 2 is 2.23 bits per heavy atom. The van der Waals surface area contributed by atoms with E-state index in [2.05, 4.69) is 25.5 Å². The van der Waals surface area contributed by atoms with E-state index >= 15 is 0 Å². The molecule has 0 amide bonds. The van der Waals surface area contributed by atoms with E-state index in [0.29, 0.717) is 5.82 Å². The Labute approximate surface area is 124 Å². The van der Waals surface area contributed by atoms with Gasteiger partial charge in [0.2, 0.25) is 0 Å². The van der Waals surface area contributed by atoms with Gasteiger partial charge in [-0.3, -0.25) is 10.1 Å². The van der Waals surface area contributed by atoms with Crippen molar-refractivity contribution in [3.8, 4) is 0 Å². The highest BCUT2D eigenvalue weighted by Crippen LogP contribution is 2.35. The lowest BCUT2D eigenvalue weighted by Gasteiger charge is -2.17. The van der Waals surface area contributed by atoms with Gasteiger partial charge in [0.1, 0.15) is 12.4 Å². The lowest BCUT2D eigenvalue weighted by Crippen LogP contribution is -2.21. The van der Waals surface area contributed by atoms with Gasteiger partial charge in [0.15, 0.2) is 5.82 Å². The molecule has 0 unspecified atom stereocenters. The first-order valence-electron chi connectivity index (χ1n) is 6.80. The van der Waals surface area contributed by atoms with E-state index in [4.69, 9.17) is 4.74 Å². The summed E-state index contributed by atoms with van der Waals surface area (Å²) in [7, 11) is 0. The van der Waals surface area contributed by atoms with E-state index < -0.39 is 11.7 Å². The molecule has 0 radical (unpaired) electrons. The number of halogens is 3. The molecular weight excluding hydrogens is 299 g/mol. The Kier molecular flexibility index (Phi) is 3.97. The average Bonchev–Trinajstić information content (AvgIpc) is 3.15. The molecule has 0 saturated carbocycles. The summed E-state index contributed by atoms with van der Waals surface area (Å²) in [4.78, 5) is 7.56. The first-order valence-corrected chi connectivity index (χ1v) is 6.80. The maximum atomic E-state index is 12.9. The van der Waals surface area contributed by atoms with Crippen LogP contribution in [0, 0.1) is 0 Å². The first kappa shape index (κ1) is 14.8. The maximum Gasteiger partial charge on any atom is 0.419 e. The smallest absolute Gasteiger partial charge is 0.382 e. The first-order chi connectivity index (χ1) is 10.5. The molecule has 1 aliphatic heterocycles. The van der Waals surface area contributed by atoms with Gasteiger partial charge in [-0.15, -0.1) is 0 Å². The highest BCUT2D eigenvalue weighted by Gasteiger charge is 2.34. The zero-order valence-electron chi connectivity index (χ0n) is 11.5. The zero-order chi connectivity index (χ0) is 15.6. The van der Waals surface area contributed by atoms with Crippen LogP contribution in [-0.4, -0.2) is 32.8 Å². The molecular formula is C13H14F3N5O. The average molecular weight is 313 g/mol. The van der Waals surface area contributed by atoms with Gasteiger partial charge in [-0.05, 0) is 18.9 Å². The molecule has 2 aromatic heterocycles. The van der Waals surface area contributed by atoms with Crippen molar-refractivity contribution in [1.82, 2.24) is 20.2 Å². The molecule has 1 saturated heterocycles. The molecule has 2 aromatic rings. The summed E-state index contributed by atoms with van der Waals surface area (Å²) in [6, 6.07) is 1.31. The van der Waals surface area contributed by atoms with Crippen molar-refractivity contribution in [1.29, 1.82) is 0 Å². The number of rotatable bonds is 4. The van der Waals surface area contributed by atoms with Crippen LogP contribution in [-0.2, 0) is 10.9 Å².